The maximum absolute atomic E-state index is 12.5. The van der Waals surface area contributed by atoms with Gasteiger partial charge >= 0.3 is 6.03 Å². The van der Waals surface area contributed by atoms with E-state index in [1.807, 2.05) is 36.2 Å². The Balaban J connectivity index is 1.49. The molecular formula is C20H30N4O2. The Hall–Kier alpha value is -2.08. The number of carbonyl (C=O) groups is 2. The topological polar surface area (TPSA) is 55.9 Å². The quantitative estimate of drug-likeness (QED) is 0.897. The van der Waals surface area contributed by atoms with Crippen LogP contribution in [0.15, 0.2) is 24.3 Å². The van der Waals surface area contributed by atoms with Crippen LogP contribution in [0.2, 0.25) is 0 Å². The van der Waals surface area contributed by atoms with Crippen LogP contribution in [0.5, 0.6) is 0 Å². The van der Waals surface area contributed by atoms with E-state index in [0.29, 0.717) is 6.54 Å². The van der Waals surface area contributed by atoms with Gasteiger partial charge in [-0.2, -0.15) is 0 Å². The van der Waals surface area contributed by atoms with Crippen LogP contribution in [0.4, 0.5) is 4.79 Å². The van der Waals surface area contributed by atoms with Gasteiger partial charge in [0.25, 0.3) is 5.91 Å². The molecule has 0 aliphatic carbocycles. The van der Waals surface area contributed by atoms with Crippen molar-refractivity contribution in [2.45, 2.75) is 38.3 Å². The number of benzene rings is 1. The van der Waals surface area contributed by atoms with Crippen molar-refractivity contribution >= 4 is 11.9 Å². The predicted molar refractivity (Wildman–Crippen MR) is 102 cm³/mol. The molecule has 142 valence electrons. The molecular weight excluding hydrogens is 328 g/mol. The highest BCUT2D eigenvalue weighted by Gasteiger charge is 2.26. The first-order valence-electron chi connectivity index (χ1n) is 9.62. The summed E-state index contributed by atoms with van der Waals surface area (Å²) in [6, 6.07) is 7.84. The molecule has 0 saturated carbocycles. The molecule has 0 unspecified atom stereocenters. The number of carbonyl (C=O) groups excluding carboxylic acids is 2. The van der Waals surface area contributed by atoms with Gasteiger partial charge in [0.15, 0.2) is 0 Å². The van der Waals surface area contributed by atoms with Crippen molar-refractivity contribution < 1.29 is 9.59 Å². The van der Waals surface area contributed by atoms with E-state index in [1.54, 1.807) is 4.90 Å². The zero-order valence-electron chi connectivity index (χ0n) is 15.9. The van der Waals surface area contributed by atoms with Crippen molar-refractivity contribution in [1.29, 1.82) is 0 Å². The highest BCUT2D eigenvalue weighted by molar-refractivity contribution is 5.94. The molecule has 3 rings (SSSR count). The number of nitrogens with one attached hydrogen (secondary N) is 1. The van der Waals surface area contributed by atoms with Crippen molar-refractivity contribution in [2.24, 2.45) is 0 Å². The third kappa shape index (κ3) is 4.55. The molecule has 2 aliphatic heterocycles. The normalized spacial score (nSPS) is 20.8. The highest BCUT2D eigenvalue weighted by Crippen LogP contribution is 2.15. The van der Waals surface area contributed by atoms with Crippen LogP contribution in [0.3, 0.4) is 0 Å². The number of piperidine rings is 1. The summed E-state index contributed by atoms with van der Waals surface area (Å²) in [6.45, 7) is 4.16. The first kappa shape index (κ1) is 18.7. The Morgan fingerprint density at radius 2 is 1.81 bits per heavy atom. The molecule has 6 nitrogen and oxygen atoms in total. The Morgan fingerprint density at radius 3 is 2.42 bits per heavy atom. The summed E-state index contributed by atoms with van der Waals surface area (Å²) in [4.78, 5) is 30.8. The summed E-state index contributed by atoms with van der Waals surface area (Å²) >= 11 is 0. The maximum atomic E-state index is 12.5. The van der Waals surface area contributed by atoms with E-state index < -0.39 is 0 Å². The minimum atomic E-state index is -0.0428. The molecule has 1 aromatic rings. The molecule has 2 aliphatic rings. The Morgan fingerprint density at radius 1 is 1.12 bits per heavy atom. The van der Waals surface area contributed by atoms with Gasteiger partial charge in [-0.15, -0.1) is 0 Å². The van der Waals surface area contributed by atoms with Gasteiger partial charge in [-0.1, -0.05) is 12.1 Å². The lowest BCUT2D eigenvalue weighted by Crippen LogP contribution is -2.44. The van der Waals surface area contributed by atoms with E-state index in [2.05, 4.69) is 17.3 Å². The third-order valence-electron chi connectivity index (χ3n) is 5.52. The molecule has 2 heterocycles. The van der Waals surface area contributed by atoms with Gasteiger partial charge in [0.1, 0.15) is 0 Å². The Bertz CT molecular complexity index is 625. The molecule has 2 saturated heterocycles. The van der Waals surface area contributed by atoms with Gasteiger partial charge in [-0.3, -0.25) is 4.79 Å². The average Bonchev–Trinajstić information content (AvgIpc) is 3.12. The fourth-order valence-electron chi connectivity index (χ4n) is 3.74. The number of hydrogen-bond donors (Lipinski definition) is 1. The molecule has 0 bridgehead atoms. The van der Waals surface area contributed by atoms with Crippen molar-refractivity contribution in [1.82, 2.24) is 20.0 Å². The van der Waals surface area contributed by atoms with Crippen molar-refractivity contribution in [2.75, 3.05) is 40.3 Å². The van der Waals surface area contributed by atoms with E-state index in [-0.39, 0.29) is 18.0 Å². The molecule has 26 heavy (non-hydrogen) atoms. The minimum absolute atomic E-state index is 0.0428. The fourth-order valence-corrected chi connectivity index (χ4v) is 3.74. The van der Waals surface area contributed by atoms with Crippen LogP contribution < -0.4 is 5.32 Å². The largest absolute Gasteiger partial charge is 0.339 e. The predicted octanol–water partition coefficient (Wildman–Crippen LogP) is 2.16. The lowest BCUT2D eigenvalue weighted by molar-refractivity contribution is 0.0724. The van der Waals surface area contributed by atoms with E-state index >= 15 is 0 Å². The average molecular weight is 358 g/mol. The number of nitrogens with zero attached hydrogens (tertiary/aromatic N) is 3. The molecule has 0 radical (unpaired) electrons. The SMILES string of the molecule is CN1CC[C@H](N(C)C(=O)NCc2ccc(C(=O)N3CCCCC3)cc2)C1. The Labute approximate surface area is 156 Å². The summed E-state index contributed by atoms with van der Waals surface area (Å²) in [6.07, 6.45) is 4.43. The molecule has 1 atom stereocenters. The molecule has 0 spiro atoms. The molecule has 1 N–H and O–H groups in total. The first-order valence-corrected chi connectivity index (χ1v) is 9.62. The number of likely N-dealkylation sites (tertiary alicyclic amines) is 2. The summed E-state index contributed by atoms with van der Waals surface area (Å²) in [5, 5.41) is 2.98. The van der Waals surface area contributed by atoms with Gasteiger partial charge in [0, 0.05) is 44.8 Å². The molecule has 0 aromatic heterocycles. The minimum Gasteiger partial charge on any atom is -0.339 e. The fraction of sp³-hybridized carbons (Fsp3) is 0.600. The van der Waals surface area contributed by atoms with Crippen molar-refractivity contribution in [3.8, 4) is 0 Å². The highest BCUT2D eigenvalue weighted by atomic mass is 16.2. The number of rotatable bonds is 4. The number of amides is 3. The maximum Gasteiger partial charge on any atom is 0.317 e. The molecule has 1 aromatic carbocycles. The van der Waals surface area contributed by atoms with Crippen LogP contribution in [0, 0.1) is 0 Å². The zero-order valence-corrected chi connectivity index (χ0v) is 15.9. The smallest absolute Gasteiger partial charge is 0.317 e. The Kier molecular flexibility index (Phi) is 6.14. The monoisotopic (exact) mass is 358 g/mol. The van der Waals surface area contributed by atoms with E-state index in [4.69, 9.17) is 0 Å². The summed E-state index contributed by atoms with van der Waals surface area (Å²) in [7, 11) is 3.94. The lowest BCUT2D eigenvalue weighted by atomic mass is 10.1. The molecule has 3 amide bonds. The second-order valence-electron chi connectivity index (χ2n) is 7.52. The van der Waals surface area contributed by atoms with E-state index in [0.717, 1.165) is 56.6 Å². The number of hydrogen-bond acceptors (Lipinski definition) is 3. The van der Waals surface area contributed by atoms with Gasteiger partial charge in [-0.25, -0.2) is 4.79 Å². The molecule has 2 fully saturated rings. The van der Waals surface area contributed by atoms with Crippen molar-refractivity contribution in [3.63, 3.8) is 0 Å². The van der Waals surface area contributed by atoms with Crippen LogP contribution in [0.1, 0.15) is 41.6 Å². The third-order valence-corrected chi connectivity index (χ3v) is 5.52. The van der Waals surface area contributed by atoms with Crippen LogP contribution in [-0.2, 0) is 6.54 Å². The van der Waals surface area contributed by atoms with E-state index in [9.17, 15) is 9.59 Å². The second kappa shape index (κ2) is 8.54. The lowest BCUT2D eigenvalue weighted by Gasteiger charge is -2.26. The first-order chi connectivity index (χ1) is 12.5. The van der Waals surface area contributed by atoms with Gasteiger partial charge in [0.2, 0.25) is 0 Å². The van der Waals surface area contributed by atoms with Gasteiger partial charge < -0.3 is 20.0 Å². The summed E-state index contributed by atoms with van der Waals surface area (Å²) in [5.41, 5.74) is 1.73. The van der Waals surface area contributed by atoms with Crippen LogP contribution in [0.25, 0.3) is 0 Å². The van der Waals surface area contributed by atoms with E-state index in [1.165, 1.54) is 6.42 Å². The van der Waals surface area contributed by atoms with Gasteiger partial charge in [-0.05, 0) is 57.0 Å². The number of urea groups is 1. The summed E-state index contributed by atoms with van der Waals surface area (Å²) < 4.78 is 0. The van der Waals surface area contributed by atoms with Crippen LogP contribution >= 0.6 is 0 Å². The molecule has 6 heteroatoms. The standard InChI is InChI=1S/C20H30N4O2/c1-22-13-10-18(15-22)23(2)20(26)21-14-16-6-8-17(9-7-16)19(25)24-11-4-3-5-12-24/h6-9,18H,3-5,10-15H2,1-2H3,(H,21,26)/t18-/m0/s1. The van der Waals surface area contributed by atoms with Crippen molar-refractivity contribution in [3.05, 3.63) is 35.4 Å². The van der Waals surface area contributed by atoms with Gasteiger partial charge in [0.05, 0.1) is 0 Å². The van der Waals surface area contributed by atoms with Crippen LogP contribution in [-0.4, -0.2) is 73.0 Å². The summed E-state index contributed by atoms with van der Waals surface area (Å²) in [5.74, 6) is 0.116. The zero-order chi connectivity index (χ0) is 18.5. The second-order valence-corrected chi connectivity index (χ2v) is 7.52. The number of likely N-dealkylation sites (N-methyl/N-ethyl adjacent to an activating group) is 2.